The summed E-state index contributed by atoms with van der Waals surface area (Å²) in [5.74, 6) is 0.433. The molecule has 1 aromatic heterocycles. The third kappa shape index (κ3) is 2.78. The third-order valence-corrected chi connectivity index (χ3v) is 3.69. The molecule has 2 rings (SSSR count). The molecule has 0 radical (unpaired) electrons. The summed E-state index contributed by atoms with van der Waals surface area (Å²) in [6, 6.07) is 5.27. The van der Waals surface area contributed by atoms with Crippen molar-refractivity contribution in [2.75, 3.05) is 0 Å². The minimum absolute atomic E-state index is 0.157. The third-order valence-electron chi connectivity index (χ3n) is 3.69. The maximum Gasteiger partial charge on any atom is 0.293 e. The van der Waals surface area contributed by atoms with Gasteiger partial charge in [-0.3, -0.25) is 10.1 Å². The van der Waals surface area contributed by atoms with Gasteiger partial charge in [-0.25, -0.2) is 0 Å². The number of aromatic amines is 1. The summed E-state index contributed by atoms with van der Waals surface area (Å²) in [6.07, 6.45) is 6.72. The van der Waals surface area contributed by atoms with Crippen molar-refractivity contribution in [1.82, 2.24) is 4.98 Å². The summed E-state index contributed by atoms with van der Waals surface area (Å²) < 4.78 is 0. The number of nitro benzene ring substituents is 1. The molecule has 4 heteroatoms. The molecule has 0 aliphatic rings. The van der Waals surface area contributed by atoms with Crippen LogP contribution >= 0.6 is 0 Å². The first-order valence-corrected chi connectivity index (χ1v) is 6.89. The van der Waals surface area contributed by atoms with Gasteiger partial charge in [0.05, 0.1) is 4.92 Å². The molecule has 4 nitrogen and oxygen atoms in total. The van der Waals surface area contributed by atoms with Crippen molar-refractivity contribution in [3.63, 3.8) is 0 Å². The van der Waals surface area contributed by atoms with Crippen LogP contribution in [0.15, 0.2) is 24.4 Å². The Hall–Kier alpha value is -1.84. The van der Waals surface area contributed by atoms with Crippen molar-refractivity contribution in [2.24, 2.45) is 0 Å². The molecule has 0 bridgehead atoms. The number of non-ortho nitro benzene ring substituents is 1. The first kappa shape index (κ1) is 13.6. The Morgan fingerprint density at radius 1 is 1.37 bits per heavy atom. The van der Waals surface area contributed by atoms with Crippen molar-refractivity contribution in [3.8, 4) is 0 Å². The van der Waals surface area contributed by atoms with Crippen LogP contribution in [-0.4, -0.2) is 9.91 Å². The van der Waals surface area contributed by atoms with Gasteiger partial charge < -0.3 is 4.98 Å². The molecule has 1 unspecified atom stereocenters. The summed E-state index contributed by atoms with van der Waals surface area (Å²) >= 11 is 0. The normalized spacial score (nSPS) is 12.7. The van der Waals surface area contributed by atoms with E-state index in [0.717, 1.165) is 11.8 Å². The zero-order chi connectivity index (χ0) is 13.8. The number of aromatic nitrogens is 1. The lowest BCUT2D eigenvalue weighted by molar-refractivity contribution is -0.383. The highest BCUT2D eigenvalue weighted by Crippen LogP contribution is 2.32. The maximum absolute atomic E-state index is 11.0. The van der Waals surface area contributed by atoms with Crippen LogP contribution in [0.2, 0.25) is 0 Å². The zero-order valence-electron chi connectivity index (χ0n) is 11.5. The van der Waals surface area contributed by atoms with Gasteiger partial charge in [0.15, 0.2) is 0 Å². The van der Waals surface area contributed by atoms with E-state index < -0.39 is 0 Å². The molecule has 0 spiro atoms. The van der Waals surface area contributed by atoms with E-state index in [4.69, 9.17) is 0 Å². The summed E-state index contributed by atoms with van der Waals surface area (Å²) in [7, 11) is 0. The lowest BCUT2D eigenvalue weighted by Crippen LogP contribution is -1.93. The van der Waals surface area contributed by atoms with Crippen LogP contribution in [0.5, 0.6) is 0 Å². The second-order valence-corrected chi connectivity index (χ2v) is 5.10. The summed E-state index contributed by atoms with van der Waals surface area (Å²) in [6.45, 7) is 4.39. The Morgan fingerprint density at radius 3 is 2.84 bits per heavy atom. The zero-order valence-corrected chi connectivity index (χ0v) is 11.5. The van der Waals surface area contributed by atoms with Crippen molar-refractivity contribution in [2.45, 2.75) is 45.4 Å². The SMILES string of the molecule is CCCCCC(C)c1c[nH]c2c([N+](=O)[O-])cccc12. The maximum atomic E-state index is 11.0. The van der Waals surface area contributed by atoms with Crippen molar-refractivity contribution < 1.29 is 4.92 Å². The molecule has 0 saturated heterocycles. The van der Waals surface area contributed by atoms with Gasteiger partial charge in [-0.15, -0.1) is 0 Å². The van der Waals surface area contributed by atoms with Crippen LogP contribution in [0.1, 0.15) is 51.0 Å². The second-order valence-electron chi connectivity index (χ2n) is 5.10. The molecule has 1 atom stereocenters. The van der Waals surface area contributed by atoms with E-state index in [1.54, 1.807) is 12.1 Å². The fourth-order valence-electron chi connectivity index (χ4n) is 2.58. The van der Waals surface area contributed by atoms with Gasteiger partial charge in [-0.2, -0.15) is 0 Å². The van der Waals surface area contributed by atoms with E-state index in [-0.39, 0.29) is 10.6 Å². The largest absolute Gasteiger partial charge is 0.355 e. The minimum atomic E-state index is -0.329. The number of nitro groups is 1. The standard InChI is InChI=1S/C15H20N2O2/c1-3-4-5-7-11(2)13-10-16-15-12(13)8-6-9-14(15)17(18)19/h6,8-11,16H,3-5,7H2,1-2H3. The topological polar surface area (TPSA) is 58.9 Å². The number of hydrogen-bond donors (Lipinski definition) is 1. The van der Waals surface area contributed by atoms with Gasteiger partial charge in [-0.05, 0) is 17.9 Å². The predicted octanol–water partition coefficient (Wildman–Crippen LogP) is 4.76. The van der Waals surface area contributed by atoms with Crippen LogP contribution in [0.4, 0.5) is 5.69 Å². The number of fused-ring (bicyclic) bond motifs is 1. The first-order valence-electron chi connectivity index (χ1n) is 6.89. The minimum Gasteiger partial charge on any atom is -0.355 e. The fraction of sp³-hybridized carbons (Fsp3) is 0.467. The monoisotopic (exact) mass is 260 g/mol. The Bertz CT molecular complexity index is 575. The van der Waals surface area contributed by atoms with Crippen LogP contribution in [0.3, 0.4) is 0 Å². The van der Waals surface area contributed by atoms with E-state index in [1.165, 1.54) is 24.8 Å². The Kier molecular flexibility index (Phi) is 4.20. The molecule has 19 heavy (non-hydrogen) atoms. The summed E-state index contributed by atoms with van der Waals surface area (Å²) in [4.78, 5) is 13.7. The van der Waals surface area contributed by atoms with Crippen LogP contribution in [0.25, 0.3) is 10.9 Å². The van der Waals surface area contributed by atoms with Gasteiger partial charge in [0.1, 0.15) is 5.52 Å². The van der Waals surface area contributed by atoms with E-state index in [9.17, 15) is 10.1 Å². The Balaban J connectivity index is 2.30. The van der Waals surface area contributed by atoms with E-state index in [2.05, 4.69) is 18.8 Å². The molecule has 1 aromatic carbocycles. The quantitative estimate of drug-likeness (QED) is 0.462. The fourth-order valence-corrected chi connectivity index (χ4v) is 2.58. The molecule has 0 amide bonds. The first-order chi connectivity index (χ1) is 9.15. The van der Waals surface area contributed by atoms with Gasteiger partial charge in [-0.1, -0.05) is 45.2 Å². The molecular weight excluding hydrogens is 240 g/mol. The molecule has 0 aliphatic carbocycles. The van der Waals surface area contributed by atoms with Crippen LogP contribution in [0, 0.1) is 10.1 Å². The summed E-state index contributed by atoms with van der Waals surface area (Å²) in [5, 5.41) is 12.0. The lowest BCUT2D eigenvalue weighted by atomic mass is 9.94. The average molecular weight is 260 g/mol. The van der Waals surface area contributed by atoms with E-state index in [0.29, 0.717) is 11.4 Å². The predicted molar refractivity (Wildman–Crippen MR) is 77.5 cm³/mol. The van der Waals surface area contributed by atoms with Gasteiger partial charge in [0.25, 0.3) is 5.69 Å². The highest BCUT2D eigenvalue weighted by Gasteiger charge is 2.17. The van der Waals surface area contributed by atoms with Crippen molar-refractivity contribution >= 4 is 16.6 Å². The number of hydrogen-bond acceptors (Lipinski definition) is 2. The van der Waals surface area contributed by atoms with Crippen molar-refractivity contribution in [1.29, 1.82) is 0 Å². The van der Waals surface area contributed by atoms with E-state index in [1.807, 2.05) is 12.3 Å². The number of unbranched alkanes of at least 4 members (excludes halogenated alkanes) is 2. The second kappa shape index (κ2) is 5.87. The number of H-pyrrole nitrogens is 1. The average Bonchev–Trinajstić information content (AvgIpc) is 2.82. The number of rotatable bonds is 6. The van der Waals surface area contributed by atoms with Crippen molar-refractivity contribution in [3.05, 3.63) is 40.1 Å². The van der Waals surface area contributed by atoms with Gasteiger partial charge >= 0.3 is 0 Å². The molecule has 2 aromatic rings. The van der Waals surface area contributed by atoms with Crippen LogP contribution < -0.4 is 0 Å². The highest BCUT2D eigenvalue weighted by atomic mass is 16.6. The number of benzene rings is 1. The van der Waals surface area contributed by atoms with E-state index >= 15 is 0 Å². The molecule has 1 N–H and O–H groups in total. The molecule has 0 aliphatic heterocycles. The van der Waals surface area contributed by atoms with Crippen LogP contribution in [-0.2, 0) is 0 Å². The Morgan fingerprint density at radius 2 is 2.16 bits per heavy atom. The molecule has 1 heterocycles. The van der Waals surface area contributed by atoms with Gasteiger partial charge in [0.2, 0.25) is 0 Å². The number of nitrogens with zero attached hydrogens (tertiary/aromatic N) is 1. The molecule has 102 valence electrons. The molecule has 0 fully saturated rings. The van der Waals surface area contributed by atoms with Gasteiger partial charge in [0, 0.05) is 17.6 Å². The molecular formula is C15H20N2O2. The number of nitrogens with one attached hydrogen (secondary N) is 1. The highest BCUT2D eigenvalue weighted by molar-refractivity contribution is 5.90. The smallest absolute Gasteiger partial charge is 0.293 e. The summed E-state index contributed by atoms with van der Waals surface area (Å²) in [5.41, 5.74) is 1.99. The molecule has 0 saturated carbocycles. The number of para-hydroxylation sites is 1. The lowest BCUT2D eigenvalue weighted by Gasteiger charge is -2.09. The Labute approximate surface area is 113 Å².